The molecule has 0 amide bonds. The van der Waals surface area contributed by atoms with Crippen LogP contribution in [-0.2, 0) is 4.43 Å². The summed E-state index contributed by atoms with van der Waals surface area (Å²) in [5.74, 6) is 4.25. The minimum absolute atomic E-state index is 0.274. The Morgan fingerprint density at radius 2 is 1.19 bits per heavy atom. The Hall–Kier alpha value is -0.502. The standard InChI is InChI=1S/C31H54OSi4/c1-22-13-23(2)29(24(3)14-22)28(21-33(35(7,8)9)36(10,11)12)30(32-34(4,5)6)31-18-25-15-26(19-31)17-27(16-25)20-31/h13-14,21,25-27H,15-20H2,1-12H3/b30-28+. The van der Waals surface area contributed by atoms with Crippen molar-refractivity contribution < 1.29 is 4.43 Å². The lowest BCUT2D eigenvalue weighted by molar-refractivity contribution is -0.0476. The summed E-state index contributed by atoms with van der Waals surface area (Å²) in [6.45, 7) is 30.1. The monoisotopic (exact) mass is 554 g/mol. The van der Waals surface area contributed by atoms with Crippen LogP contribution in [0.5, 0.6) is 0 Å². The highest BCUT2D eigenvalue weighted by atomic mass is 29.6. The summed E-state index contributed by atoms with van der Waals surface area (Å²) >= 11 is 0. The van der Waals surface area contributed by atoms with Gasteiger partial charge >= 0.3 is 0 Å². The van der Waals surface area contributed by atoms with Crippen LogP contribution in [0.25, 0.3) is 5.57 Å². The van der Waals surface area contributed by atoms with Gasteiger partial charge < -0.3 is 4.43 Å². The third-order valence-electron chi connectivity index (χ3n) is 9.02. The van der Waals surface area contributed by atoms with E-state index in [9.17, 15) is 0 Å². The first-order chi connectivity index (χ1) is 16.4. The van der Waals surface area contributed by atoms with E-state index in [-0.39, 0.29) is 5.41 Å². The zero-order valence-corrected chi connectivity index (χ0v) is 29.6. The zero-order valence-electron chi connectivity index (χ0n) is 25.6. The van der Waals surface area contributed by atoms with Crippen molar-refractivity contribution in [1.29, 1.82) is 0 Å². The summed E-state index contributed by atoms with van der Waals surface area (Å²) in [5.41, 5.74) is 10.6. The summed E-state index contributed by atoms with van der Waals surface area (Å²) in [5, 5.41) is 0. The van der Waals surface area contributed by atoms with Gasteiger partial charge in [0.05, 0.1) is 20.9 Å². The van der Waals surface area contributed by atoms with E-state index in [1.54, 1.807) is 5.57 Å². The number of hydrogen-bond donors (Lipinski definition) is 0. The van der Waals surface area contributed by atoms with E-state index in [1.807, 2.05) is 0 Å². The Labute approximate surface area is 227 Å². The molecular formula is C31H54OSi4. The zero-order chi connectivity index (χ0) is 26.8. The van der Waals surface area contributed by atoms with Crippen LogP contribution in [0.2, 0.25) is 58.9 Å². The Balaban J connectivity index is 2.09. The average molecular weight is 555 g/mol. The number of hydrogen-bond acceptors (Lipinski definition) is 1. The molecule has 5 heteroatoms. The van der Waals surface area contributed by atoms with Gasteiger partial charge in [-0.15, -0.1) is 0 Å². The fraction of sp³-hybridized carbons (Fsp3) is 0.710. The maximum Gasteiger partial charge on any atom is 0.241 e. The summed E-state index contributed by atoms with van der Waals surface area (Å²) < 4.78 is 7.44. The summed E-state index contributed by atoms with van der Waals surface area (Å²) in [7, 11) is -5.06. The van der Waals surface area contributed by atoms with Gasteiger partial charge in [-0.25, -0.2) is 0 Å². The lowest BCUT2D eigenvalue weighted by atomic mass is 9.48. The van der Waals surface area contributed by atoms with Gasteiger partial charge in [-0.2, -0.15) is 0 Å². The van der Waals surface area contributed by atoms with E-state index in [0.29, 0.717) is 0 Å². The molecule has 1 aromatic rings. The van der Waals surface area contributed by atoms with Crippen molar-refractivity contribution in [3.63, 3.8) is 0 Å². The molecule has 0 spiro atoms. The third kappa shape index (κ3) is 5.89. The Kier molecular flexibility index (Phi) is 7.60. The van der Waals surface area contributed by atoms with Gasteiger partial charge in [0.25, 0.3) is 0 Å². The van der Waals surface area contributed by atoms with Crippen molar-refractivity contribution in [2.45, 2.75) is 118 Å². The van der Waals surface area contributed by atoms with E-state index in [4.69, 9.17) is 4.43 Å². The smallest absolute Gasteiger partial charge is 0.241 e. The topological polar surface area (TPSA) is 9.23 Å². The highest BCUT2D eigenvalue weighted by Crippen LogP contribution is 2.64. The molecule has 4 aliphatic carbocycles. The molecule has 0 atom stereocenters. The molecule has 0 radical (unpaired) electrons. The Bertz CT molecular complexity index is 1000. The number of benzene rings is 1. The predicted octanol–water partition coefficient (Wildman–Crippen LogP) is 9.10. The van der Waals surface area contributed by atoms with Crippen LogP contribution in [0.15, 0.2) is 17.9 Å². The van der Waals surface area contributed by atoms with Crippen LogP contribution in [-0.4, -0.2) is 36.6 Å². The summed E-state index contributed by atoms with van der Waals surface area (Å²) in [6, 6.07) is 4.86. The van der Waals surface area contributed by atoms with Crippen LogP contribution in [0.1, 0.15) is 60.8 Å². The van der Waals surface area contributed by atoms with Crippen molar-refractivity contribution in [2.75, 3.05) is 0 Å². The molecule has 36 heavy (non-hydrogen) atoms. The molecule has 0 heterocycles. The largest absolute Gasteiger partial charge is 0.546 e. The van der Waals surface area contributed by atoms with Gasteiger partial charge in [-0.3, -0.25) is 0 Å². The third-order valence-corrected chi connectivity index (χ3v) is 37.7. The summed E-state index contributed by atoms with van der Waals surface area (Å²) in [6.07, 6.45) is 8.59. The molecule has 4 bridgehead atoms. The maximum atomic E-state index is 7.44. The molecule has 1 aromatic carbocycles. The quantitative estimate of drug-likeness (QED) is 0.241. The minimum atomic E-state index is -1.80. The first-order valence-electron chi connectivity index (χ1n) is 14.6. The number of aryl methyl sites for hydroxylation is 3. The fourth-order valence-electron chi connectivity index (χ4n) is 8.70. The van der Waals surface area contributed by atoms with Crippen molar-refractivity contribution in [3.8, 4) is 0 Å². The average Bonchev–Trinajstić information content (AvgIpc) is 2.64. The van der Waals surface area contributed by atoms with Gasteiger partial charge in [-0.05, 0) is 121 Å². The SMILES string of the molecule is Cc1cc(C)c(/C(C=[Si]([Si](C)(C)C)[Si](C)(C)C)=C(/O[Si](C)(C)C)C23CC4CC(CC(C4)C2)C3)c(C)c1. The van der Waals surface area contributed by atoms with Crippen LogP contribution in [0.4, 0.5) is 0 Å². The van der Waals surface area contributed by atoms with Gasteiger partial charge in [0.1, 0.15) is 0 Å². The van der Waals surface area contributed by atoms with E-state index in [0.717, 1.165) is 17.8 Å². The van der Waals surface area contributed by atoms with Gasteiger partial charge in [0, 0.05) is 11.0 Å². The molecule has 0 N–H and O–H groups in total. The highest BCUT2D eigenvalue weighted by Gasteiger charge is 2.54. The molecule has 1 nitrogen and oxygen atoms in total. The Morgan fingerprint density at radius 1 is 0.778 bits per heavy atom. The molecule has 0 saturated heterocycles. The second-order valence-electron chi connectivity index (χ2n) is 16.0. The molecular weight excluding hydrogens is 501 g/mol. The van der Waals surface area contributed by atoms with Crippen molar-refractivity contribution in [1.82, 2.24) is 0 Å². The van der Waals surface area contributed by atoms with Crippen LogP contribution in [0, 0.1) is 43.9 Å². The highest BCUT2D eigenvalue weighted by molar-refractivity contribution is 7.60. The van der Waals surface area contributed by atoms with E-state index >= 15 is 0 Å². The van der Waals surface area contributed by atoms with Crippen LogP contribution >= 0.6 is 0 Å². The van der Waals surface area contributed by atoms with E-state index in [2.05, 4.69) is 97.5 Å². The fourth-order valence-corrected chi connectivity index (χ4v) is 43.8. The first-order valence-corrected chi connectivity index (χ1v) is 28.6. The lowest BCUT2D eigenvalue weighted by Gasteiger charge is -2.58. The van der Waals surface area contributed by atoms with E-state index in [1.165, 1.54) is 66.5 Å². The summed E-state index contributed by atoms with van der Waals surface area (Å²) in [4.78, 5) is 0. The van der Waals surface area contributed by atoms with Crippen molar-refractivity contribution >= 4 is 42.2 Å². The molecule has 0 aromatic heterocycles. The molecule has 0 aliphatic heterocycles. The van der Waals surface area contributed by atoms with Gasteiger partial charge in [-0.1, -0.05) is 62.7 Å². The van der Waals surface area contributed by atoms with Crippen molar-refractivity contribution in [3.05, 3.63) is 40.1 Å². The van der Waals surface area contributed by atoms with Crippen LogP contribution in [0.3, 0.4) is 0 Å². The predicted molar refractivity (Wildman–Crippen MR) is 171 cm³/mol. The normalized spacial score (nSPS) is 28.7. The second kappa shape index (κ2) is 9.60. The molecule has 4 aliphatic rings. The van der Waals surface area contributed by atoms with Gasteiger partial charge in [0.2, 0.25) is 8.32 Å². The number of rotatable bonds is 7. The first kappa shape index (κ1) is 28.5. The van der Waals surface area contributed by atoms with Crippen molar-refractivity contribution in [2.24, 2.45) is 23.2 Å². The minimum Gasteiger partial charge on any atom is -0.546 e. The second-order valence-corrected chi connectivity index (χ2v) is 44.3. The molecule has 4 saturated carbocycles. The van der Waals surface area contributed by atoms with Crippen LogP contribution < -0.4 is 0 Å². The molecule has 5 rings (SSSR count). The van der Waals surface area contributed by atoms with E-state index < -0.39 is 30.9 Å². The molecule has 200 valence electrons. The number of allylic oxidation sites excluding steroid dienone is 2. The maximum absolute atomic E-state index is 7.44. The van der Waals surface area contributed by atoms with Gasteiger partial charge in [0.15, 0.2) is 0 Å². The molecule has 0 unspecified atom stereocenters. The Morgan fingerprint density at radius 3 is 1.56 bits per heavy atom. The lowest BCUT2D eigenvalue weighted by Crippen LogP contribution is -2.54. The molecule has 4 fully saturated rings.